The van der Waals surface area contributed by atoms with Gasteiger partial charge >= 0.3 is 12.2 Å². The Morgan fingerprint density at radius 3 is 1.73 bits per heavy atom. The van der Waals surface area contributed by atoms with Gasteiger partial charge in [0.2, 0.25) is 0 Å². The maximum Gasteiger partial charge on any atom is 0.410 e. The van der Waals surface area contributed by atoms with E-state index >= 15 is 0 Å². The summed E-state index contributed by atoms with van der Waals surface area (Å²) in [6.07, 6.45) is 2.26. The summed E-state index contributed by atoms with van der Waals surface area (Å²) in [4.78, 5) is 37.9. The fourth-order valence-electron chi connectivity index (χ4n) is 3.57. The summed E-state index contributed by atoms with van der Waals surface area (Å²) in [6.45, 7) is 15.6. The van der Waals surface area contributed by atoms with Gasteiger partial charge in [-0.15, -0.1) is 0 Å². The summed E-state index contributed by atoms with van der Waals surface area (Å²) in [7, 11) is 0. The van der Waals surface area contributed by atoms with Crippen molar-refractivity contribution in [2.75, 3.05) is 13.1 Å². The number of ketones is 1. The molecule has 2 fully saturated rings. The first kappa shape index (κ1) is 26.2. The van der Waals surface area contributed by atoms with Crippen molar-refractivity contribution in [2.24, 2.45) is 0 Å². The van der Waals surface area contributed by atoms with Crippen molar-refractivity contribution in [3.05, 3.63) is 0 Å². The predicted molar refractivity (Wildman–Crippen MR) is 114 cm³/mol. The van der Waals surface area contributed by atoms with Crippen molar-refractivity contribution in [2.45, 2.75) is 110 Å². The predicted octanol–water partition coefficient (Wildman–Crippen LogP) is 3.74. The number of hydrogen-bond acceptors (Lipinski definition) is 6. The van der Waals surface area contributed by atoms with Crippen molar-refractivity contribution < 1.29 is 29.0 Å². The van der Waals surface area contributed by atoms with Crippen molar-refractivity contribution in [3.63, 3.8) is 0 Å². The number of likely N-dealkylation sites (tertiary alicyclic amines) is 2. The smallest absolute Gasteiger partial charge is 0.410 e. The lowest BCUT2D eigenvalue weighted by Gasteiger charge is -2.29. The monoisotopic (exact) mass is 428 g/mol. The number of aliphatic hydroxyl groups is 1. The molecule has 2 rings (SSSR count). The fourth-order valence-corrected chi connectivity index (χ4v) is 3.57. The Balaban J connectivity index is 0.000000300. The number of carbonyl (C=O) groups is 3. The van der Waals surface area contributed by atoms with Crippen LogP contribution in [0.4, 0.5) is 9.59 Å². The maximum absolute atomic E-state index is 11.8. The molecule has 30 heavy (non-hydrogen) atoms. The van der Waals surface area contributed by atoms with E-state index in [0.717, 1.165) is 25.7 Å². The molecule has 0 saturated carbocycles. The molecule has 0 aliphatic carbocycles. The number of rotatable bonds is 2. The Kier molecular flexibility index (Phi) is 9.14. The second kappa shape index (κ2) is 10.5. The maximum atomic E-state index is 11.8. The molecule has 0 bridgehead atoms. The average molecular weight is 429 g/mol. The Morgan fingerprint density at radius 1 is 0.867 bits per heavy atom. The molecule has 2 heterocycles. The summed E-state index contributed by atoms with van der Waals surface area (Å²) in [5.74, 6) is 0.0401. The zero-order valence-electron chi connectivity index (χ0n) is 19.9. The first-order valence-electron chi connectivity index (χ1n) is 10.8. The van der Waals surface area contributed by atoms with Crippen molar-refractivity contribution in [1.82, 2.24) is 9.80 Å². The van der Waals surface area contributed by atoms with Crippen LogP contribution >= 0.6 is 0 Å². The van der Waals surface area contributed by atoms with Gasteiger partial charge in [-0.3, -0.25) is 9.69 Å². The Hall–Kier alpha value is -1.83. The molecule has 0 aromatic carbocycles. The van der Waals surface area contributed by atoms with Crippen LogP contribution in [0.15, 0.2) is 0 Å². The SMILES string of the molecule is CC(=O)[C@H]1CCCN1C(=O)OC(C)(C)C.C[C@@H](O)[C@H]1CCCN1C(=O)OC(C)(C)C. The molecule has 8 heteroatoms. The highest BCUT2D eigenvalue weighted by Crippen LogP contribution is 2.23. The largest absolute Gasteiger partial charge is 0.444 e. The molecule has 0 unspecified atom stereocenters. The summed E-state index contributed by atoms with van der Waals surface area (Å²) in [5.41, 5.74) is -0.968. The van der Waals surface area contributed by atoms with E-state index in [1.165, 1.54) is 11.8 Å². The second-order valence-electron chi connectivity index (χ2n) is 10.1. The molecule has 2 aliphatic heterocycles. The van der Waals surface area contributed by atoms with E-state index in [4.69, 9.17) is 9.47 Å². The van der Waals surface area contributed by atoms with E-state index in [2.05, 4.69) is 0 Å². The molecule has 8 nitrogen and oxygen atoms in total. The highest BCUT2D eigenvalue weighted by Gasteiger charge is 2.35. The van der Waals surface area contributed by atoms with Crippen LogP contribution < -0.4 is 0 Å². The summed E-state index contributed by atoms with van der Waals surface area (Å²) < 4.78 is 10.5. The minimum atomic E-state index is -0.499. The molecule has 3 atom stereocenters. The summed E-state index contributed by atoms with van der Waals surface area (Å²) >= 11 is 0. The number of nitrogens with zero attached hydrogens (tertiary/aromatic N) is 2. The molecule has 0 aromatic rings. The minimum Gasteiger partial charge on any atom is -0.444 e. The highest BCUT2D eigenvalue weighted by molar-refractivity contribution is 5.86. The first-order chi connectivity index (χ1) is 13.6. The Labute approximate surface area is 180 Å². The third-order valence-corrected chi connectivity index (χ3v) is 4.83. The van der Waals surface area contributed by atoms with E-state index in [9.17, 15) is 19.5 Å². The lowest BCUT2D eigenvalue weighted by atomic mass is 10.1. The molecule has 2 saturated heterocycles. The van der Waals surface area contributed by atoms with Gasteiger partial charge in [0, 0.05) is 13.1 Å². The van der Waals surface area contributed by atoms with Crippen LogP contribution in [0.5, 0.6) is 0 Å². The lowest BCUT2D eigenvalue weighted by molar-refractivity contribution is -0.121. The van der Waals surface area contributed by atoms with E-state index in [1.54, 1.807) is 11.8 Å². The number of amides is 2. The van der Waals surface area contributed by atoms with Gasteiger partial charge in [0.05, 0.1) is 18.2 Å². The van der Waals surface area contributed by atoms with Crippen molar-refractivity contribution in [1.29, 1.82) is 0 Å². The van der Waals surface area contributed by atoms with E-state index in [0.29, 0.717) is 13.1 Å². The molecule has 1 N–H and O–H groups in total. The number of hydrogen-bond donors (Lipinski definition) is 1. The van der Waals surface area contributed by atoms with E-state index in [-0.39, 0.29) is 30.1 Å². The highest BCUT2D eigenvalue weighted by atomic mass is 16.6. The van der Waals surface area contributed by atoms with E-state index < -0.39 is 17.3 Å². The van der Waals surface area contributed by atoms with Crippen molar-refractivity contribution >= 4 is 18.0 Å². The fraction of sp³-hybridized carbons (Fsp3) is 0.864. The quantitative estimate of drug-likeness (QED) is 0.720. The zero-order valence-corrected chi connectivity index (χ0v) is 19.9. The molecular formula is C22H40N2O6. The average Bonchev–Trinajstić information content (AvgIpc) is 3.22. The molecule has 174 valence electrons. The molecular weight excluding hydrogens is 388 g/mol. The third kappa shape index (κ3) is 8.50. The normalized spacial score (nSPS) is 22.8. The van der Waals surface area contributed by atoms with Gasteiger partial charge in [0.25, 0.3) is 0 Å². The number of aliphatic hydroxyl groups excluding tert-OH is 1. The van der Waals surface area contributed by atoms with E-state index in [1.807, 2.05) is 41.5 Å². The Bertz CT molecular complexity index is 606. The van der Waals surface area contributed by atoms with Gasteiger partial charge < -0.3 is 19.5 Å². The molecule has 2 amide bonds. The van der Waals surface area contributed by atoms with Crippen LogP contribution in [-0.4, -0.2) is 75.4 Å². The van der Waals surface area contributed by atoms with Gasteiger partial charge in [-0.25, -0.2) is 9.59 Å². The van der Waals surface area contributed by atoms with Crippen LogP contribution in [0, 0.1) is 0 Å². The van der Waals surface area contributed by atoms with Crippen molar-refractivity contribution in [3.8, 4) is 0 Å². The Morgan fingerprint density at radius 2 is 1.30 bits per heavy atom. The minimum absolute atomic E-state index is 0.0401. The third-order valence-electron chi connectivity index (χ3n) is 4.83. The van der Waals surface area contributed by atoms with Crippen LogP contribution in [0.1, 0.15) is 81.1 Å². The molecule has 0 aromatic heterocycles. The standard InChI is InChI=1S/C11H21NO3.C11H19NO3/c2*1-8(13)9-6-5-7-12(9)10(14)15-11(2,3)4/h8-9,13H,5-7H2,1-4H3;9H,5-7H2,1-4H3/t8-,9-;9-/m11/s1. The first-order valence-corrected chi connectivity index (χ1v) is 10.8. The van der Waals surface area contributed by atoms with Gasteiger partial charge in [-0.05, 0) is 81.1 Å². The van der Waals surface area contributed by atoms with Gasteiger partial charge in [0.15, 0.2) is 5.78 Å². The number of Topliss-reactive ketones (excluding diaryl/α,β-unsaturated/α-hetero) is 1. The molecule has 0 radical (unpaired) electrons. The van der Waals surface area contributed by atoms with Crippen LogP contribution in [0.2, 0.25) is 0 Å². The lowest BCUT2D eigenvalue weighted by Crippen LogP contribution is -2.44. The number of carbonyl (C=O) groups excluding carboxylic acids is 3. The van der Waals surface area contributed by atoms with Crippen LogP contribution in [0.3, 0.4) is 0 Å². The van der Waals surface area contributed by atoms with Crippen LogP contribution in [-0.2, 0) is 14.3 Å². The van der Waals surface area contributed by atoms with Gasteiger partial charge in [0.1, 0.15) is 11.2 Å². The second-order valence-corrected chi connectivity index (χ2v) is 10.1. The summed E-state index contributed by atoms with van der Waals surface area (Å²) in [6, 6.07) is -0.361. The topological polar surface area (TPSA) is 96.4 Å². The zero-order chi connectivity index (χ0) is 23.3. The van der Waals surface area contributed by atoms with Crippen LogP contribution in [0.25, 0.3) is 0 Å². The van der Waals surface area contributed by atoms with Gasteiger partial charge in [-0.2, -0.15) is 0 Å². The number of ether oxygens (including phenoxy) is 2. The molecule has 2 aliphatic rings. The summed E-state index contributed by atoms with van der Waals surface area (Å²) in [5, 5.41) is 9.52. The van der Waals surface area contributed by atoms with Gasteiger partial charge in [-0.1, -0.05) is 0 Å². The molecule has 0 spiro atoms.